The minimum Gasteiger partial charge on any atom is -0.390 e. The standard InChI is InChI=1S/C19H41O6P/c1-2-3-4-5-6-7-8-9-10-11-12-13-14-15-16-18(20)19(21)17-25-26(22,23)24/h18-21H,2-17H2,1H3,(H2,22,23,24). The van der Waals surface area contributed by atoms with Crippen LogP contribution in [0.3, 0.4) is 0 Å². The van der Waals surface area contributed by atoms with Gasteiger partial charge in [0.15, 0.2) is 0 Å². The van der Waals surface area contributed by atoms with Crippen molar-refractivity contribution in [3.05, 3.63) is 0 Å². The predicted octanol–water partition coefficient (Wildman–Crippen LogP) is 4.69. The van der Waals surface area contributed by atoms with Crippen molar-refractivity contribution in [2.45, 2.75) is 115 Å². The minimum atomic E-state index is -4.59. The second-order valence-electron chi connectivity index (χ2n) is 7.31. The number of phosphoric ester groups is 1. The Balaban J connectivity index is 3.31. The molecule has 0 aliphatic rings. The molecule has 7 heteroatoms. The van der Waals surface area contributed by atoms with E-state index in [0.717, 1.165) is 19.3 Å². The fraction of sp³-hybridized carbons (Fsp3) is 1.00. The number of hydrogen-bond donors (Lipinski definition) is 4. The highest BCUT2D eigenvalue weighted by atomic mass is 31.2. The Morgan fingerprint density at radius 1 is 0.692 bits per heavy atom. The van der Waals surface area contributed by atoms with E-state index in [-0.39, 0.29) is 0 Å². The van der Waals surface area contributed by atoms with Gasteiger partial charge in [-0.1, -0.05) is 96.8 Å². The van der Waals surface area contributed by atoms with Gasteiger partial charge in [0.1, 0.15) is 6.10 Å². The lowest BCUT2D eigenvalue weighted by Gasteiger charge is -2.17. The molecule has 0 radical (unpaired) electrons. The third-order valence-electron chi connectivity index (χ3n) is 4.71. The van der Waals surface area contributed by atoms with Crippen LogP contribution in [0.4, 0.5) is 0 Å². The smallest absolute Gasteiger partial charge is 0.390 e. The fourth-order valence-corrected chi connectivity index (χ4v) is 3.37. The number of aliphatic hydroxyl groups excluding tert-OH is 2. The van der Waals surface area contributed by atoms with Crippen molar-refractivity contribution < 1.29 is 29.1 Å². The van der Waals surface area contributed by atoms with E-state index in [4.69, 9.17) is 9.79 Å². The maximum absolute atomic E-state index is 10.5. The monoisotopic (exact) mass is 396 g/mol. The normalized spacial score (nSPS) is 14.5. The lowest BCUT2D eigenvalue weighted by molar-refractivity contribution is -0.0182. The molecular weight excluding hydrogens is 355 g/mol. The summed E-state index contributed by atoms with van der Waals surface area (Å²) in [5.74, 6) is 0. The molecule has 0 aromatic rings. The van der Waals surface area contributed by atoms with E-state index in [2.05, 4.69) is 11.4 Å². The molecule has 2 atom stereocenters. The summed E-state index contributed by atoms with van der Waals surface area (Å²) in [6, 6.07) is 0. The Labute approximate surface area is 159 Å². The molecule has 2 unspecified atom stereocenters. The predicted molar refractivity (Wildman–Crippen MR) is 105 cm³/mol. The third-order valence-corrected chi connectivity index (χ3v) is 5.20. The quantitative estimate of drug-likeness (QED) is 0.186. The molecule has 26 heavy (non-hydrogen) atoms. The molecule has 0 saturated carbocycles. The van der Waals surface area contributed by atoms with Gasteiger partial charge < -0.3 is 20.0 Å². The zero-order chi connectivity index (χ0) is 19.7. The van der Waals surface area contributed by atoms with Crippen molar-refractivity contribution in [1.29, 1.82) is 0 Å². The maximum atomic E-state index is 10.5. The molecule has 0 aromatic heterocycles. The lowest BCUT2D eigenvalue weighted by atomic mass is 10.0. The van der Waals surface area contributed by atoms with E-state index in [1.54, 1.807) is 0 Å². The Morgan fingerprint density at radius 3 is 1.46 bits per heavy atom. The lowest BCUT2D eigenvalue weighted by Crippen LogP contribution is -2.30. The van der Waals surface area contributed by atoms with Gasteiger partial charge in [-0.15, -0.1) is 0 Å². The summed E-state index contributed by atoms with van der Waals surface area (Å²) in [4.78, 5) is 17.1. The average Bonchev–Trinajstić information content (AvgIpc) is 2.59. The van der Waals surface area contributed by atoms with Gasteiger partial charge in [-0.2, -0.15) is 0 Å². The van der Waals surface area contributed by atoms with Gasteiger partial charge in [0.2, 0.25) is 0 Å². The van der Waals surface area contributed by atoms with E-state index in [1.807, 2.05) is 0 Å². The summed E-state index contributed by atoms with van der Waals surface area (Å²) in [7, 11) is -4.59. The zero-order valence-electron chi connectivity index (χ0n) is 16.5. The second kappa shape index (κ2) is 17.2. The van der Waals surface area contributed by atoms with Gasteiger partial charge in [-0.3, -0.25) is 4.52 Å². The van der Waals surface area contributed by atoms with Crippen LogP contribution in [0.1, 0.15) is 103 Å². The molecule has 0 amide bonds. The Morgan fingerprint density at radius 2 is 1.08 bits per heavy atom. The van der Waals surface area contributed by atoms with E-state index in [1.165, 1.54) is 70.6 Å². The zero-order valence-corrected chi connectivity index (χ0v) is 17.4. The van der Waals surface area contributed by atoms with Crippen molar-refractivity contribution >= 4 is 7.82 Å². The second-order valence-corrected chi connectivity index (χ2v) is 8.55. The van der Waals surface area contributed by atoms with Gasteiger partial charge >= 0.3 is 7.82 Å². The fourth-order valence-electron chi connectivity index (χ4n) is 3.02. The van der Waals surface area contributed by atoms with Gasteiger partial charge in [-0.25, -0.2) is 4.57 Å². The molecule has 0 saturated heterocycles. The summed E-state index contributed by atoms with van der Waals surface area (Å²) >= 11 is 0. The first-order valence-electron chi connectivity index (χ1n) is 10.4. The number of rotatable bonds is 19. The van der Waals surface area contributed by atoms with Crippen LogP contribution in [0.15, 0.2) is 0 Å². The Bertz CT molecular complexity index is 347. The van der Waals surface area contributed by atoms with Crippen LogP contribution < -0.4 is 0 Å². The first-order chi connectivity index (χ1) is 12.4. The molecule has 0 fully saturated rings. The highest BCUT2D eigenvalue weighted by molar-refractivity contribution is 7.46. The van der Waals surface area contributed by atoms with Gasteiger partial charge in [0.25, 0.3) is 0 Å². The molecule has 0 rings (SSSR count). The van der Waals surface area contributed by atoms with Crippen molar-refractivity contribution in [3.63, 3.8) is 0 Å². The third kappa shape index (κ3) is 18.8. The molecule has 0 aliphatic heterocycles. The highest BCUT2D eigenvalue weighted by Gasteiger charge is 2.21. The summed E-state index contributed by atoms with van der Waals surface area (Å²) in [6.07, 6.45) is 15.7. The Hall–Kier alpha value is 0.0300. The molecule has 0 spiro atoms. The SMILES string of the molecule is CCCCCCCCCCCCCCCCC(O)C(O)COP(=O)(O)O. The first kappa shape index (κ1) is 26.0. The van der Waals surface area contributed by atoms with Crippen LogP contribution >= 0.6 is 7.82 Å². The van der Waals surface area contributed by atoms with Crippen LogP contribution in [-0.2, 0) is 9.09 Å². The topological polar surface area (TPSA) is 107 Å². The van der Waals surface area contributed by atoms with E-state index in [9.17, 15) is 14.8 Å². The average molecular weight is 397 g/mol. The van der Waals surface area contributed by atoms with Crippen molar-refractivity contribution in [2.75, 3.05) is 6.61 Å². The van der Waals surface area contributed by atoms with Crippen LogP contribution in [0.2, 0.25) is 0 Å². The summed E-state index contributed by atoms with van der Waals surface area (Å²) in [6.45, 7) is 1.70. The van der Waals surface area contributed by atoms with Gasteiger partial charge in [0, 0.05) is 0 Å². The highest BCUT2D eigenvalue weighted by Crippen LogP contribution is 2.35. The molecule has 0 aliphatic carbocycles. The minimum absolute atomic E-state index is 0.420. The van der Waals surface area contributed by atoms with Gasteiger partial charge in [0.05, 0.1) is 12.7 Å². The van der Waals surface area contributed by atoms with Crippen molar-refractivity contribution in [3.8, 4) is 0 Å². The van der Waals surface area contributed by atoms with Crippen molar-refractivity contribution in [2.24, 2.45) is 0 Å². The number of aliphatic hydroxyl groups is 2. The molecule has 0 heterocycles. The van der Waals surface area contributed by atoms with Crippen molar-refractivity contribution in [1.82, 2.24) is 0 Å². The van der Waals surface area contributed by atoms with E-state index >= 15 is 0 Å². The molecule has 4 N–H and O–H groups in total. The first-order valence-corrected chi connectivity index (χ1v) is 12.0. The Kier molecular flexibility index (Phi) is 17.2. The van der Waals surface area contributed by atoms with E-state index < -0.39 is 26.6 Å². The molecular formula is C19H41O6P. The van der Waals surface area contributed by atoms with Crippen LogP contribution in [-0.4, -0.2) is 38.8 Å². The molecule has 0 aromatic carbocycles. The number of phosphoric acid groups is 1. The summed E-state index contributed by atoms with van der Waals surface area (Å²) in [5.41, 5.74) is 0. The van der Waals surface area contributed by atoms with E-state index in [0.29, 0.717) is 6.42 Å². The van der Waals surface area contributed by atoms with Crippen LogP contribution in [0.25, 0.3) is 0 Å². The van der Waals surface area contributed by atoms with Gasteiger partial charge in [-0.05, 0) is 6.42 Å². The number of hydrogen-bond acceptors (Lipinski definition) is 4. The largest absolute Gasteiger partial charge is 0.469 e. The molecule has 0 bridgehead atoms. The molecule has 158 valence electrons. The van der Waals surface area contributed by atoms with Crippen LogP contribution in [0, 0.1) is 0 Å². The summed E-state index contributed by atoms with van der Waals surface area (Å²) in [5, 5.41) is 19.3. The van der Waals surface area contributed by atoms with Crippen LogP contribution in [0.5, 0.6) is 0 Å². The summed E-state index contributed by atoms with van der Waals surface area (Å²) < 4.78 is 14.7. The number of unbranched alkanes of at least 4 members (excludes halogenated alkanes) is 13. The molecule has 6 nitrogen and oxygen atoms in total. The maximum Gasteiger partial charge on any atom is 0.469 e.